The maximum absolute atomic E-state index is 12.1. The van der Waals surface area contributed by atoms with Gasteiger partial charge in [0, 0.05) is 18.1 Å². The highest BCUT2D eigenvalue weighted by molar-refractivity contribution is 6.34. The Hall–Kier alpha value is -2.40. The average Bonchev–Trinajstić information content (AvgIpc) is 2.78. The van der Waals surface area contributed by atoms with Gasteiger partial charge in [-0.3, -0.25) is 9.78 Å². The second-order valence-electron chi connectivity index (χ2n) is 4.36. The Kier molecular flexibility index (Phi) is 3.12. The minimum absolute atomic E-state index is 0.270. The Morgan fingerprint density at radius 3 is 3.00 bits per heavy atom. The number of hydrogen-bond donors (Lipinski definition) is 2. The highest BCUT2D eigenvalue weighted by atomic mass is 35.5. The van der Waals surface area contributed by atoms with Crippen molar-refractivity contribution < 1.29 is 4.79 Å². The minimum atomic E-state index is -0.270. The Morgan fingerprint density at radius 2 is 2.20 bits per heavy atom. The number of nitrogens with one attached hydrogen (secondary N) is 2. The number of aromatic amines is 1. The van der Waals surface area contributed by atoms with Gasteiger partial charge < -0.3 is 10.3 Å². The van der Waals surface area contributed by atoms with E-state index >= 15 is 0 Å². The van der Waals surface area contributed by atoms with Gasteiger partial charge in [-0.25, -0.2) is 4.98 Å². The molecule has 2 N–H and O–H groups in total. The average molecular weight is 287 g/mol. The second-order valence-corrected chi connectivity index (χ2v) is 4.77. The molecular formula is C14H11ClN4O. The molecule has 2 heterocycles. The van der Waals surface area contributed by atoms with Gasteiger partial charge in [-0.2, -0.15) is 0 Å². The molecule has 0 aliphatic rings. The lowest BCUT2D eigenvalue weighted by molar-refractivity contribution is 0.102. The number of nitrogens with zero attached hydrogens (tertiary/aromatic N) is 2. The molecule has 3 rings (SSSR count). The molecule has 2 aromatic heterocycles. The van der Waals surface area contributed by atoms with Crippen molar-refractivity contribution in [1.82, 2.24) is 15.0 Å². The molecule has 0 unspecified atom stereocenters. The number of amides is 1. The van der Waals surface area contributed by atoms with Crippen LogP contribution in [0.5, 0.6) is 0 Å². The molecule has 1 amide bonds. The number of rotatable bonds is 2. The van der Waals surface area contributed by atoms with Gasteiger partial charge in [0.2, 0.25) is 0 Å². The van der Waals surface area contributed by atoms with Crippen molar-refractivity contribution in [2.45, 2.75) is 6.92 Å². The first-order valence-corrected chi connectivity index (χ1v) is 6.38. The maximum atomic E-state index is 12.1. The number of benzene rings is 1. The molecule has 5 nitrogen and oxygen atoms in total. The van der Waals surface area contributed by atoms with E-state index in [2.05, 4.69) is 20.3 Å². The molecule has 0 aliphatic carbocycles. The van der Waals surface area contributed by atoms with Gasteiger partial charge in [0.25, 0.3) is 5.91 Å². The van der Waals surface area contributed by atoms with Crippen LogP contribution < -0.4 is 5.32 Å². The molecule has 6 heteroatoms. The zero-order valence-corrected chi connectivity index (χ0v) is 11.4. The number of hydrogen-bond acceptors (Lipinski definition) is 3. The summed E-state index contributed by atoms with van der Waals surface area (Å²) in [5.41, 5.74) is 2.81. The molecule has 0 radical (unpaired) electrons. The lowest BCUT2D eigenvalue weighted by atomic mass is 10.2. The van der Waals surface area contributed by atoms with Gasteiger partial charge >= 0.3 is 0 Å². The van der Waals surface area contributed by atoms with Crippen molar-refractivity contribution in [1.29, 1.82) is 0 Å². The van der Waals surface area contributed by atoms with Crippen LogP contribution in [0.25, 0.3) is 11.0 Å². The number of carbonyl (C=O) groups is 1. The fourth-order valence-corrected chi connectivity index (χ4v) is 2.18. The van der Waals surface area contributed by atoms with Crippen molar-refractivity contribution in [3.8, 4) is 0 Å². The number of aromatic nitrogens is 3. The lowest BCUT2D eigenvalue weighted by Crippen LogP contribution is -2.12. The van der Waals surface area contributed by atoms with Crippen molar-refractivity contribution >= 4 is 34.2 Å². The van der Waals surface area contributed by atoms with Gasteiger partial charge in [0.1, 0.15) is 5.82 Å². The largest absolute Gasteiger partial charge is 0.342 e. The third-order valence-corrected chi connectivity index (χ3v) is 3.18. The van der Waals surface area contributed by atoms with Gasteiger partial charge in [-0.1, -0.05) is 11.6 Å². The number of fused-ring (bicyclic) bond motifs is 1. The number of imidazole rings is 1. The van der Waals surface area contributed by atoms with E-state index in [4.69, 9.17) is 11.6 Å². The summed E-state index contributed by atoms with van der Waals surface area (Å²) in [7, 11) is 0. The summed E-state index contributed by atoms with van der Waals surface area (Å²) in [5, 5.41) is 3.12. The van der Waals surface area contributed by atoms with E-state index < -0.39 is 0 Å². The number of halogens is 1. The standard InChI is InChI=1S/C14H11ClN4O/c1-8-17-12-3-2-9(6-13(12)18-8)19-14(20)10-4-5-16-7-11(10)15/h2-7H,1H3,(H,17,18)(H,19,20). The van der Waals surface area contributed by atoms with Crippen LogP contribution in [0.1, 0.15) is 16.2 Å². The summed E-state index contributed by atoms with van der Waals surface area (Å²) in [6.45, 7) is 1.88. The van der Waals surface area contributed by atoms with Gasteiger partial charge in [-0.15, -0.1) is 0 Å². The third kappa shape index (κ3) is 2.35. The van der Waals surface area contributed by atoms with E-state index in [1.807, 2.05) is 19.1 Å². The lowest BCUT2D eigenvalue weighted by Gasteiger charge is -2.06. The summed E-state index contributed by atoms with van der Waals surface area (Å²) in [6, 6.07) is 7.07. The molecule has 3 aromatic rings. The molecule has 0 fully saturated rings. The number of H-pyrrole nitrogens is 1. The zero-order valence-electron chi connectivity index (χ0n) is 10.6. The van der Waals surface area contributed by atoms with Crippen LogP contribution in [0.15, 0.2) is 36.7 Å². The van der Waals surface area contributed by atoms with Crippen molar-refractivity contribution in [3.63, 3.8) is 0 Å². The maximum Gasteiger partial charge on any atom is 0.257 e. The van der Waals surface area contributed by atoms with Crippen LogP contribution in [0.4, 0.5) is 5.69 Å². The topological polar surface area (TPSA) is 70.7 Å². The summed E-state index contributed by atoms with van der Waals surface area (Å²) in [4.78, 5) is 23.4. The van der Waals surface area contributed by atoms with Crippen molar-refractivity contribution in [2.75, 3.05) is 5.32 Å². The molecule has 0 saturated carbocycles. The fourth-order valence-electron chi connectivity index (χ4n) is 1.97. The van der Waals surface area contributed by atoms with Crippen molar-refractivity contribution in [3.05, 3.63) is 53.1 Å². The monoisotopic (exact) mass is 286 g/mol. The van der Waals surface area contributed by atoms with E-state index in [1.54, 1.807) is 12.1 Å². The molecule has 0 bridgehead atoms. The van der Waals surface area contributed by atoms with Crippen molar-refractivity contribution in [2.24, 2.45) is 0 Å². The molecule has 100 valence electrons. The molecular weight excluding hydrogens is 276 g/mol. The summed E-state index contributed by atoms with van der Waals surface area (Å²) in [5.74, 6) is 0.564. The Labute approximate surface area is 120 Å². The first-order valence-electron chi connectivity index (χ1n) is 6.01. The van der Waals surface area contributed by atoms with Gasteiger partial charge in [-0.05, 0) is 31.2 Å². The van der Waals surface area contributed by atoms with Crippen LogP contribution in [0.3, 0.4) is 0 Å². The van der Waals surface area contributed by atoms with Gasteiger partial charge in [0.15, 0.2) is 0 Å². The smallest absolute Gasteiger partial charge is 0.257 e. The molecule has 0 aliphatic heterocycles. The van der Waals surface area contributed by atoms with E-state index in [0.29, 0.717) is 16.3 Å². The highest BCUT2D eigenvalue weighted by Gasteiger charge is 2.10. The number of pyridine rings is 1. The van der Waals surface area contributed by atoms with Crippen LogP contribution in [-0.2, 0) is 0 Å². The Bertz CT molecular complexity index is 797. The first kappa shape index (κ1) is 12.6. The van der Waals surface area contributed by atoms with E-state index in [0.717, 1.165) is 16.9 Å². The molecule has 1 aromatic carbocycles. The summed E-state index contributed by atoms with van der Waals surface area (Å²) in [6.07, 6.45) is 2.97. The van der Waals surface area contributed by atoms with E-state index in [-0.39, 0.29) is 5.91 Å². The van der Waals surface area contributed by atoms with Crippen LogP contribution >= 0.6 is 11.6 Å². The number of aryl methyl sites for hydroxylation is 1. The van der Waals surface area contributed by atoms with E-state index in [9.17, 15) is 4.79 Å². The number of carbonyl (C=O) groups excluding carboxylic acids is 1. The normalized spacial score (nSPS) is 10.7. The highest BCUT2D eigenvalue weighted by Crippen LogP contribution is 2.19. The predicted octanol–water partition coefficient (Wildman–Crippen LogP) is 3.17. The number of anilines is 1. The van der Waals surface area contributed by atoms with Crippen LogP contribution in [0, 0.1) is 6.92 Å². The first-order chi connectivity index (χ1) is 9.63. The fraction of sp³-hybridized carbons (Fsp3) is 0.0714. The Balaban J connectivity index is 1.89. The SMILES string of the molecule is Cc1nc2ccc(NC(=O)c3ccncc3Cl)cc2[nH]1. The van der Waals surface area contributed by atoms with Gasteiger partial charge in [0.05, 0.1) is 21.6 Å². The molecule has 0 saturated heterocycles. The quantitative estimate of drug-likeness (QED) is 0.760. The third-order valence-electron chi connectivity index (χ3n) is 2.88. The Morgan fingerprint density at radius 1 is 1.35 bits per heavy atom. The molecule has 0 spiro atoms. The van der Waals surface area contributed by atoms with Crippen LogP contribution in [0.2, 0.25) is 5.02 Å². The molecule has 20 heavy (non-hydrogen) atoms. The summed E-state index contributed by atoms with van der Waals surface area (Å²) < 4.78 is 0. The minimum Gasteiger partial charge on any atom is -0.342 e. The summed E-state index contributed by atoms with van der Waals surface area (Å²) >= 11 is 5.94. The second kappa shape index (κ2) is 4.94. The van der Waals surface area contributed by atoms with Crippen LogP contribution in [-0.4, -0.2) is 20.9 Å². The zero-order chi connectivity index (χ0) is 14.1. The predicted molar refractivity (Wildman–Crippen MR) is 78.0 cm³/mol. The van der Waals surface area contributed by atoms with E-state index in [1.165, 1.54) is 12.4 Å². The molecule has 0 atom stereocenters.